The molecule has 0 heterocycles. The summed E-state index contributed by atoms with van der Waals surface area (Å²) in [6.45, 7) is 0. The van der Waals surface area contributed by atoms with Crippen LogP contribution >= 0.6 is 0 Å². The van der Waals surface area contributed by atoms with E-state index < -0.39 is 188 Å². The molecule has 1 heteroatoms. The molecule has 0 N–H and O–H groups in total. The van der Waals surface area contributed by atoms with Gasteiger partial charge in [-0.1, -0.05) is 248 Å². The van der Waals surface area contributed by atoms with Gasteiger partial charge in [0.1, 0.15) is 0 Å². The Bertz CT molecular complexity index is 5220. The van der Waals surface area contributed by atoms with Gasteiger partial charge in [0.25, 0.3) is 0 Å². The maximum Gasteiger partial charge on any atom is 0.0726 e. The van der Waals surface area contributed by atoms with Crippen molar-refractivity contribution in [2.75, 3.05) is 4.90 Å². The minimum absolute atomic E-state index is 0.0195. The van der Waals surface area contributed by atoms with Gasteiger partial charge in [-0.25, -0.2) is 0 Å². The van der Waals surface area contributed by atoms with Gasteiger partial charge in [-0.3, -0.25) is 0 Å². The summed E-state index contributed by atoms with van der Waals surface area (Å²) in [6, 6.07) is 37.3. The fourth-order valence-electron chi connectivity index (χ4n) is 12.1. The van der Waals surface area contributed by atoms with Crippen molar-refractivity contribution in [3.8, 4) is 55.6 Å². The summed E-state index contributed by atoms with van der Waals surface area (Å²) in [5.74, 6) is 0. The molecule has 0 saturated carbocycles. The van der Waals surface area contributed by atoms with E-state index in [1.165, 1.54) is 6.07 Å². The van der Waals surface area contributed by atoms with Crippen molar-refractivity contribution < 1.29 is 27.4 Å². The minimum Gasteiger partial charge on any atom is -0.310 e. The van der Waals surface area contributed by atoms with Gasteiger partial charge in [-0.15, -0.1) is 0 Å². The molecular formula is C72H47N. The molecule has 0 aromatic heterocycles. The smallest absolute Gasteiger partial charge is 0.0726 e. The number of anilines is 3. The standard InChI is InChI=1S/C72H47N/c1-4-24-51(25-5-1)71(52-26-6-2-7-27-52)62-36-16-12-34-59(62)60-45-43-50(47-67(60)71)69-55-31-11-10-22-48(55)42-44-56(69)49-23-20-30-54(46-49)73(53-28-8-3-9-29-53)68-41-21-40-66-70(68)61-35-15-19-39-65(61)72(66)63-37-17-13-32-57(63)58-33-14-18-38-64(58)72/h1-47H/i3D,8D,9D,13D,14D,15D,17D,18D,19D,21D,28D,29D,32D,33D,35D,37D,38D,39D,40D,41D. The zero-order valence-corrected chi connectivity index (χ0v) is 38.5. The predicted molar refractivity (Wildman–Crippen MR) is 303 cm³/mol. The monoisotopic (exact) mass is 945 g/mol. The molecule has 12 aromatic carbocycles. The lowest BCUT2D eigenvalue weighted by atomic mass is 9.67. The van der Waals surface area contributed by atoms with E-state index in [0.29, 0.717) is 11.1 Å². The molecule has 1 nitrogen and oxygen atoms in total. The Morgan fingerprint density at radius 2 is 0.890 bits per heavy atom. The molecule has 73 heavy (non-hydrogen) atoms. The van der Waals surface area contributed by atoms with Crippen molar-refractivity contribution in [1.29, 1.82) is 0 Å². The molecule has 0 saturated heterocycles. The first-order valence-corrected chi connectivity index (χ1v) is 23.9. The van der Waals surface area contributed by atoms with Crippen molar-refractivity contribution in [2.45, 2.75) is 10.8 Å². The predicted octanol–water partition coefficient (Wildman–Crippen LogP) is 18.4. The Morgan fingerprint density at radius 1 is 0.301 bits per heavy atom. The van der Waals surface area contributed by atoms with Crippen LogP contribution < -0.4 is 4.90 Å². The van der Waals surface area contributed by atoms with Gasteiger partial charge < -0.3 is 4.90 Å². The SMILES string of the molecule is [2H]c1c([2H])c([2H])c(N(c2cccc(-c3ccc4ccccc4c3-c3ccc4c(c3)C(c3ccccc3)(c3ccccc3)c3ccccc3-4)c2)c2c([2H])c([2H])c([2H])c3c2-c2c([2H])c([2H])c([2H])c([2H])c2C32c3c([2H])c([2H])c([2H])c([2H])c3-c3c([2H])c([2H])c([2H])c([2H])c32)c([2H])c1[2H]. The number of hydrogen-bond acceptors (Lipinski definition) is 1. The Morgan fingerprint density at radius 3 is 1.63 bits per heavy atom. The van der Waals surface area contributed by atoms with Gasteiger partial charge in [-0.05, 0) is 142 Å². The highest BCUT2D eigenvalue weighted by Gasteiger charge is 2.52. The van der Waals surface area contributed by atoms with Gasteiger partial charge in [0, 0.05) is 16.9 Å². The highest BCUT2D eigenvalue weighted by molar-refractivity contribution is 6.06. The second-order valence-electron chi connectivity index (χ2n) is 18.3. The Balaban J connectivity index is 1.07. The van der Waals surface area contributed by atoms with Crippen LogP contribution in [0.1, 0.15) is 71.9 Å². The van der Waals surface area contributed by atoms with Crippen LogP contribution in [-0.4, -0.2) is 0 Å². The summed E-state index contributed by atoms with van der Waals surface area (Å²) >= 11 is 0. The maximum absolute atomic E-state index is 10.2. The van der Waals surface area contributed by atoms with Gasteiger partial charge in [0.05, 0.1) is 43.9 Å². The van der Waals surface area contributed by atoms with Crippen molar-refractivity contribution >= 4 is 27.8 Å². The molecular weight excluding hydrogens is 879 g/mol. The Hall–Kier alpha value is -9.30. The molecule has 340 valence electrons. The van der Waals surface area contributed by atoms with Crippen molar-refractivity contribution in [2.24, 2.45) is 0 Å². The van der Waals surface area contributed by atoms with Crippen molar-refractivity contribution in [3.05, 3.63) is 329 Å². The first kappa shape index (κ1) is 26.2. The third-order valence-electron chi connectivity index (χ3n) is 14.9. The molecule has 0 radical (unpaired) electrons. The highest BCUT2D eigenvalue weighted by atomic mass is 15.1. The Kier molecular flexibility index (Phi) is 5.79. The van der Waals surface area contributed by atoms with E-state index in [4.69, 9.17) is 9.60 Å². The van der Waals surface area contributed by atoms with E-state index in [1.54, 1.807) is 12.1 Å². The van der Waals surface area contributed by atoms with Crippen LogP contribution in [0.3, 0.4) is 0 Å². The van der Waals surface area contributed by atoms with Crippen molar-refractivity contribution in [3.63, 3.8) is 0 Å². The summed E-state index contributed by atoms with van der Waals surface area (Å²) in [5.41, 5.74) is 0.366. The van der Waals surface area contributed by atoms with E-state index in [0.717, 1.165) is 60.2 Å². The summed E-state index contributed by atoms with van der Waals surface area (Å²) in [7, 11) is 0. The van der Waals surface area contributed by atoms with E-state index in [9.17, 15) is 17.8 Å². The molecule has 12 aromatic rings. The Labute approximate surface area is 454 Å². The number of fused-ring (bicyclic) bond motifs is 14. The van der Waals surface area contributed by atoms with E-state index in [2.05, 4.69) is 60.7 Å². The molecule has 0 bridgehead atoms. The normalized spacial score (nSPS) is 17.5. The minimum atomic E-state index is -2.73. The molecule has 0 aliphatic heterocycles. The number of benzene rings is 12. The largest absolute Gasteiger partial charge is 0.310 e. The summed E-state index contributed by atoms with van der Waals surface area (Å²) in [6.07, 6.45) is 0. The third kappa shape index (κ3) is 5.79. The second kappa shape index (κ2) is 16.1. The number of para-hydroxylation sites is 1. The van der Waals surface area contributed by atoms with Gasteiger partial charge in [-0.2, -0.15) is 0 Å². The lowest BCUT2D eigenvalue weighted by molar-refractivity contribution is 0.769. The van der Waals surface area contributed by atoms with E-state index >= 15 is 0 Å². The fraction of sp³-hybridized carbons (Fsp3) is 0.0278. The van der Waals surface area contributed by atoms with Crippen LogP contribution in [0, 0.1) is 0 Å². The number of rotatable bonds is 7. The second-order valence-corrected chi connectivity index (χ2v) is 18.3. The fourth-order valence-corrected chi connectivity index (χ4v) is 12.1. The average Bonchev–Trinajstić information content (AvgIpc) is 1.48. The molecule has 1 spiro atoms. The molecule has 3 aliphatic carbocycles. The van der Waals surface area contributed by atoms with Crippen LogP contribution in [-0.2, 0) is 10.8 Å². The third-order valence-corrected chi connectivity index (χ3v) is 14.9. The van der Waals surface area contributed by atoms with Gasteiger partial charge >= 0.3 is 0 Å². The summed E-state index contributed by atoms with van der Waals surface area (Å²) in [4.78, 5) is 1.13. The van der Waals surface area contributed by atoms with Crippen LogP contribution in [0.4, 0.5) is 17.1 Å². The van der Waals surface area contributed by atoms with Gasteiger partial charge in [0.2, 0.25) is 0 Å². The van der Waals surface area contributed by atoms with Crippen LogP contribution in [0.25, 0.3) is 66.4 Å². The molecule has 15 rings (SSSR count). The lowest BCUT2D eigenvalue weighted by Gasteiger charge is -2.34. The first-order valence-electron chi connectivity index (χ1n) is 33.9. The van der Waals surface area contributed by atoms with E-state index in [-0.39, 0.29) is 5.69 Å². The maximum atomic E-state index is 10.2. The molecule has 0 unspecified atom stereocenters. The number of nitrogens with zero attached hydrogens (tertiary/aromatic N) is 1. The molecule has 0 fully saturated rings. The summed E-state index contributed by atoms with van der Waals surface area (Å²) in [5, 5.41) is 1.74. The topological polar surface area (TPSA) is 3.24 Å². The number of hydrogen-bond donors (Lipinski definition) is 0. The first-order chi connectivity index (χ1) is 44.5. The van der Waals surface area contributed by atoms with Crippen LogP contribution in [0.15, 0.2) is 285 Å². The van der Waals surface area contributed by atoms with Crippen molar-refractivity contribution in [1.82, 2.24) is 0 Å². The van der Waals surface area contributed by atoms with E-state index in [1.807, 2.05) is 84.9 Å². The molecule has 0 amide bonds. The summed E-state index contributed by atoms with van der Waals surface area (Å²) < 4.78 is 190. The quantitative estimate of drug-likeness (QED) is 0.154. The zero-order valence-electron chi connectivity index (χ0n) is 58.5. The van der Waals surface area contributed by atoms with Gasteiger partial charge in [0.15, 0.2) is 0 Å². The van der Waals surface area contributed by atoms with Crippen LogP contribution in [0.5, 0.6) is 0 Å². The average molecular weight is 946 g/mol. The molecule has 3 aliphatic rings. The lowest BCUT2D eigenvalue weighted by Crippen LogP contribution is -2.28. The zero-order chi connectivity index (χ0) is 65.5. The van der Waals surface area contributed by atoms with Crippen LogP contribution in [0.2, 0.25) is 0 Å². The highest BCUT2D eigenvalue weighted by Crippen LogP contribution is 2.65. The molecule has 0 atom stereocenters.